The van der Waals surface area contributed by atoms with Crippen LogP contribution in [0.2, 0.25) is 0 Å². The van der Waals surface area contributed by atoms with Crippen LogP contribution in [-0.4, -0.2) is 29.6 Å². The summed E-state index contributed by atoms with van der Waals surface area (Å²) in [6.45, 7) is 0.418. The van der Waals surface area contributed by atoms with Gasteiger partial charge in [-0.15, -0.1) is 0 Å². The van der Waals surface area contributed by atoms with Gasteiger partial charge in [-0.05, 0) is 12.1 Å². The molecule has 0 unspecified atom stereocenters. The summed E-state index contributed by atoms with van der Waals surface area (Å²) in [4.78, 5) is 9.44. The quantitative estimate of drug-likeness (QED) is 0.693. The van der Waals surface area contributed by atoms with Gasteiger partial charge in [0.1, 0.15) is 24.5 Å². The molecular weight excluding hydrogens is 182 g/mol. The normalized spacial score (nSPS) is 14.7. The molecule has 14 heavy (non-hydrogen) atoms. The molecule has 2 N–H and O–H groups in total. The Morgan fingerprint density at radius 3 is 2.79 bits per heavy atom. The van der Waals surface area contributed by atoms with Crippen molar-refractivity contribution in [3.05, 3.63) is 18.2 Å². The van der Waals surface area contributed by atoms with E-state index in [2.05, 4.69) is 9.98 Å². The molecule has 0 saturated heterocycles. The van der Waals surface area contributed by atoms with E-state index in [1.54, 1.807) is 17.3 Å². The van der Waals surface area contributed by atoms with Crippen LogP contribution < -0.4 is 4.90 Å². The molecule has 2 rings (SSSR count). The van der Waals surface area contributed by atoms with Crippen LogP contribution in [-0.2, 0) is 0 Å². The third-order valence-electron chi connectivity index (χ3n) is 1.86. The highest BCUT2D eigenvalue weighted by Crippen LogP contribution is 2.30. The van der Waals surface area contributed by atoms with Crippen molar-refractivity contribution in [3.63, 3.8) is 0 Å². The average molecular weight is 191 g/mol. The number of phenols is 2. The summed E-state index contributed by atoms with van der Waals surface area (Å²) in [5, 5.41) is 18.6. The number of hydrogen-bond donors (Lipinski definition) is 2. The summed E-state index contributed by atoms with van der Waals surface area (Å²) in [6.07, 6.45) is 3.02. The van der Waals surface area contributed by atoms with E-state index < -0.39 is 0 Å². The first-order chi connectivity index (χ1) is 6.77. The molecule has 5 heteroatoms. The lowest BCUT2D eigenvalue weighted by molar-refractivity contribution is 0.451. The molecule has 1 aliphatic heterocycles. The van der Waals surface area contributed by atoms with Crippen LogP contribution in [0.25, 0.3) is 0 Å². The van der Waals surface area contributed by atoms with Gasteiger partial charge in [0.15, 0.2) is 0 Å². The van der Waals surface area contributed by atoms with Gasteiger partial charge in [0.05, 0.1) is 12.0 Å². The maximum atomic E-state index is 9.53. The van der Waals surface area contributed by atoms with Gasteiger partial charge in [0.25, 0.3) is 0 Å². The lowest BCUT2D eigenvalue weighted by Crippen LogP contribution is -2.23. The number of nitrogens with zero attached hydrogens (tertiary/aromatic N) is 3. The summed E-state index contributed by atoms with van der Waals surface area (Å²) in [6, 6.07) is 4.39. The summed E-state index contributed by atoms with van der Waals surface area (Å²) in [5.41, 5.74) is 0.573. The van der Waals surface area contributed by atoms with Crippen LogP contribution in [0.4, 0.5) is 5.69 Å². The molecule has 72 valence electrons. The molecule has 0 spiro atoms. The van der Waals surface area contributed by atoms with Crippen LogP contribution in [0.5, 0.6) is 11.5 Å². The van der Waals surface area contributed by atoms with Gasteiger partial charge in [0.2, 0.25) is 0 Å². The van der Waals surface area contributed by atoms with Crippen molar-refractivity contribution in [2.45, 2.75) is 0 Å². The van der Waals surface area contributed by atoms with Gasteiger partial charge in [-0.3, -0.25) is 4.99 Å². The SMILES string of the molecule is Oc1ccc(N2C=NC=NC2)c(O)c1. The van der Waals surface area contributed by atoms with E-state index in [1.165, 1.54) is 18.5 Å². The molecule has 0 aliphatic carbocycles. The summed E-state index contributed by atoms with van der Waals surface area (Å²) in [5.74, 6) is 0.0391. The number of anilines is 1. The van der Waals surface area contributed by atoms with Gasteiger partial charge in [-0.25, -0.2) is 4.99 Å². The monoisotopic (exact) mass is 191 g/mol. The number of benzene rings is 1. The van der Waals surface area contributed by atoms with Gasteiger partial charge in [-0.1, -0.05) is 0 Å². The number of hydrogen-bond acceptors (Lipinski definition) is 5. The Hall–Kier alpha value is -2.04. The first kappa shape index (κ1) is 8.55. The summed E-state index contributed by atoms with van der Waals surface area (Å²) in [7, 11) is 0. The topological polar surface area (TPSA) is 68.4 Å². The van der Waals surface area contributed by atoms with E-state index in [9.17, 15) is 5.11 Å². The van der Waals surface area contributed by atoms with Crippen molar-refractivity contribution < 1.29 is 10.2 Å². The second-order valence-electron chi connectivity index (χ2n) is 2.85. The number of aliphatic imine (C=N–C) groups is 2. The minimum atomic E-state index is 0.00792. The number of phenolic OH excluding ortho intramolecular Hbond substituents is 2. The number of rotatable bonds is 1. The van der Waals surface area contributed by atoms with E-state index in [1.807, 2.05) is 0 Å². The zero-order valence-electron chi connectivity index (χ0n) is 7.33. The van der Waals surface area contributed by atoms with Crippen molar-refractivity contribution in [1.82, 2.24) is 0 Å². The molecule has 1 heterocycles. The number of aromatic hydroxyl groups is 2. The summed E-state index contributed by atoms with van der Waals surface area (Å²) >= 11 is 0. The largest absolute Gasteiger partial charge is 0.508 e. The van der Waals surface area contributed by atoms with Crippen molar-refractivity contribution in [3.8, 4) is 11.5 Å². The van der Waals surface area contributed by atoms with Crippen molar-refractivity contribution >= 4 is 18.4 Å². The van der Waals surface area contributed by atoms with E-state index in [4.69, 9.17) is 5.11 Å². The minimum absolute atomic E-state index is 0.00792. The van der Waals surface area contributed by atoms with Gasteiger partial charge >= 0.3 is 0 Å². The first-order valence-electron chi connectivity index (χ1n) is 4.07. The zero-order valence-corrected chi connectivity index (χ0v) is 7.33. The second-order valence-corrected chi connectivity index (χ2v) is 2.85. The predicted molar refractivity (Wildman–Crippen MR) is 54.1 cm³/mol. The molecule has 0 radical (unpaired) electrons. The Morgan fingerprint density at radius 1 is 1.29 bits per heavy atom. The Morgan fingerprint density at radius 2 is 2.14 bits per heavy atom. The van der Waals surface area contributed by atoms with E-state index in [0.29, 0.717) is 12.4 Å². The van der Waals surface area contributed by atoms with Gasteiger partial charge in [0, 0.05) is 6.07 Å². The molecule has 1 aliphatic rings. The fourth-order valence-electron chi connectivity index (χ4n) is 1.21. The molecule has 0 bridgehead atoms. The Bertz CT molecular complexity index is 401. The van der Waals surface area contributed by atoms with Crippen molar-refractivity contribution in [2.75, 3.05) is 11.6 Å². The molecule has 0 saturated carbocycles. The molecule has 1 aromatic carbocycles. The molecule has 0 fully saturated rings. The lowest BCUT2D eigenvalue weighted by atomic mass is 10.2. The van der Waals surface area contributed by atoms with Crippen LogP contribution in [0.1, 0.15) is 0 Å². The lowest BCUT2D eigenvalue weighted by Gasteiger charge is -2.19. The molecule has 5 nitrogen and oxygen atoms in total. The van der Waals surface area contributed by atoms with Crippen LogP contribution in [0.3, 0.4) is 0 Å². The minimum Gasteiger partial charge on any atom is -0.508 e. The van der Waals surface area contributed by atoms with Crippen LogP contribution >= 0.6 is 0 Å². The highest BCUT2D eigenvalue weighted by Gasteiger charge is 2.10. The second kappa shape index (κ2) is 3.37. The molecule has 0 amide bonds. The van der Waals surface area contributed by atoms with Crippen molar-refractivity contribution in [1.29, 1.82) is 0 Å². The smallest absolute Gasteiger partial charge is 0.142 e. The molecule has 1 aromatic rings. The maximum absolute atomic E-state index is 9.53. The molecule has 0 aromatic heterocycles. The van der Waals surface area contributed by atoms with E-state index >= 15 is 0 Å². The maximum Gasteiger partial charge on any atom is 0.142 e. The predicted octanol–water partition coefficient (Wildman–Crippen LogP) is 0.932. The van der Waals surface area contributed by atoms with Gasteiger partial charge in [-0.2, -0.15) is 0 Å². The van der Waals surface area contributed by atoms with Crippen LogP contribution in [0.15, 0.2) is 28.2 Å². The van der Waals surface area contributed by atoms with E-state index in [0.717, 1.165) is 0 Å². The van der Waals surface area contributed by atoms with Gasteiger partial charge < -0.3 is 15.1 Å². The third kappa shape index (κ3) is 1.52. The van der Waals surface area contributed by atoms with Crippen molar-refractivity contribution in [2.24, 2.45) is 9.98 Å². The fourth-order valence-corrected chi connectivity index (χ4v) is 1.21. The zero-order chi connectivity index (χ0) is 9.97. The highest BCUT2D eigenvalue weighted by atomic mass is 16.3. The average Bonchev–Trinajstić information content (AvgIpc) is 2.19. The van der Waals surface area contributed by atoms with Crippen LogP contribution in [0, 0.1) is 0 Å². The third-order valence-corrected chi connectivity index (χ3v) is 1.86. The Balaban J connectivity index is 2.32. The standard InChI is InChI=1S/C9H9N3O2/c13-7-1-2-8(9(14)3-7)12-5-10-4-11-6-12/h1-5,13-14H,6H2. The highest BCUT2D eigenvalue weighted by molar-refractivity contribution is 5.88. The van der Waals surface area contributed by atoms with E-state index in [-0.39, 0.29) is 11.5 Å². The summed E-state index contributed by atoms with van der Waals surface area (Å²) < 4.78 is 0. The molecular formula is C9H9N3O2. The molecule has 0 atom stereocenters. The first-order valence-corrected chi connectivity index (χ1v) is 4.07. The Kier molecular flexibility index (Phi) is 2.06. The fraction of sp³-hybridized carbons (Fsp3) is 0.111. The Labute approximate surface area is 80.7 Å².